The van der Waals surface area contributed by atoms with E-state index >= 15 is 0 Å². The van der Waals surface area contributed by atoms with Crippen LogP contribution in [0, 0.1) is 6.92 Å². The quantitative estimate of drug-likeness (QED) is 0.516. The fraction of sp³-hybridized carbons (Fsp3) is 0.750. The first-order valence-corrected chi connectivity index (χ1v) is 7.15. The highest BCUT2D eigenvalue weighted by molar-refractivity contribution is 7.99. The SMILES string of the molecule is CCOCCCCNCCSc1nc(C)co1. The molecule has 1 aromatic heterocycles. The highest BCUT2D eigenvalue weighted by Crippen LogP contribution is 2.15. The topological polar surface area (TPSA) is 47.3 Å². The second kappa shape index (κ2) is 9.50. The van der Waals surface area contributed by atoms with Gasteiger partial charge < -0.3 is 14.5 Å². The van der Waals surface area contributed by atoms with E-state index < -0.39 is 0 Å². The van der Waals surface area contributed by atoms with E-state index in [1.807, 2.05) is 13.8 Å². The zero-order chi connectivity index (χ0) is 12.3. The van der Waals surface area contributed by atoms with Crippen LogP contribution < -0.4 is 5.32 Å². The van der Waals surface area contributed by atoms with Gasteiger partial charge in [0.25, 0.3) is 5.22 Å². The monoisotopic (exact) mass is 258 g/mol. The molecule has 0 atom stereocenters. The average molecular weight is 258 g/mol. The second-order valence-corrected chi connectivity index (χ2v) is 4.80. The first-order chi connectivity index (χ1) is 8.33. The molecule has 17 heavy (non-hydrogen) atoms. The largest absolute Gasteiger partial charge is 0.440 e. The van der Waals surface area contributed by atoms with E-state index in [9.17, 15) is 0 Å². The van der Waals surface area contributed by atoms with Crippen LogP contribution in [-0.4, -0.2) is 37.0 Å². The van der Waals surface area contributed by atoms with E-state index in [-0.39, 0.29) is 0 Å². The molecule has 1 rings (SSSR count). The zero-order valence-electron chi connectivity index (χ0n) is 10.7. The fourth-order valence-corrected chi connectivity index (χ4v) is 2.08. The van der Waals surface area contributed by atoms with Gasteiger partial charge in [0.2, 0.25) is 0 Å². The smallest absolute Gasteiger partial charge is 0.255 e. The van der Waals surface area contributed by atoms with Crippen LogP contribution in [0.5, 0.6) is 0 Å². The molecule has 98 valence electrons. The Kier molecular flexibility index (Phi) is 8.13. The molecular weight excluding hydrogens is 236 g/mol. The molecule has 0 aliphatic rings. The van der Waals surface area contributed by atoms with Gasteiger partial charge in [-0.1, -0.05) is 11.8 Å². The number of oxazole rings is 1. The Balaban J connectivity index is 1.84. The standard InChI is InChI=1S/C12H22N2O2S/c1-3-15-8-5-4-6-13-7-9-17-12-14-11(2)10-16-12/h10,13H,3-9H2,1-2H3. The Bertz CT molecular complexity index is 292. The minimum absolute atomic E-state index is 0.764. The first-order valence-electron chi connectivity index (χ1n) is 6.16. The maximum absolute atomic E-state index is 5.27. The van der Waals surface area contributed by atoms with E-state index in [1.165, 1.54) is 6.42 Å². The molecule has 0 aliphatic heterocycles. The van der Waals surface area contributed by atoms with E-state index in [2.05, 4.69) is 10.3 Å². The van der Waals surface area contributed by atoms with Gasteiger partial charge in [-0.3, -0.25) is 0 Å². The lowest BCUT2D eigenvalue weighted by molar-refractivity contribution is 0.143. The molecule has 5 heteroatoms. The lowest BCUT2D eigenvalue weighted by atomic mass is 10.3. The van der Waals surface area contributed by atoms with E-state index in [0.29, 0.717) is 0 Å². The van der Waals surface area contributed by atoms with Gasteiger partial charge in [0.1, 0.15) is 6.26 Å². The zero-order valence-corrected chi connectivity index (χ0v) is 11.5. The van der Waals surface area contributed by atoms with Crippen LogP contribution in [0.3, 0.4) is 0 Å². The van der Waals surface area contributed by atoms with Gasteiger partial charge >= 0.3 is 0 Å². The number of hydrogen-bond donors (Lipinski definition) is 1. The summed E-state index contributed by atoms with van der Waals surface area (Å²) in [6.07, 6.45) is 3.99. The average Bonchev–Trinajstić information content (AvgIpc) is 2.73. The number of aromatic nitrogens is 1. The van der Waals surface area contributed by atoms with Gasteiger partial charge in [0, 0.05) is 25.5 Å². The number of unbranched alkanes of at least 4 members (excludes halogenated alkanes) is 1. The molecule has 4 nitrogen and oxygen atoms in total. The first kappa shape index (κ1) is 14.5. The third-order valence-corrected chi connectivity index (χ3v) is 3.04. The summed E-state index contributed by atoms with van der Waals surface area (Å²) in [5, 5.41) is 4.16. The molecule has 0 saturated heterocycles. The molecular formula is C12H22N2O2S. The summed E-state index contributed by atoms with van der Waals surface area (Å²) in [7, 11) is 0. The van der Waals surface area contributed by atoms with Gasteiger partial charge in [-0.2, -0.15) is 0 Å². The Labute approximate surface area is 108 Å². The highest BCUT2D eigenvalue weighted by Gasteiger charge is 2.00. The molecule has 0 spiro atoms. The number of nitrogens with one attached hydrogen (secondary N) is 1. The maximum atomic E-state index is 5.27. The number of ether oxygens (including phenoxy) is 1. The van der Waals surface area contributed by atoms with Crippen molar-refractivity contribution in [3.63, 3.8) is 0 Å². The van der Waals surface area contributed by atoms with Crippen LogP contribution in [0.25, 0.3) is 0 Å². The van der Waals surface area contributed by atoms with Crippen molar-refractivity contribution in [1.29, 1.82) is 0 Å². The van der Waals surface area contributed by atoms with Crippen LogP contribution >= 0.6 is 11.8 Å². The molecule has 1 heterocycles. The molecule has 0 radical (unpaired) electrons. The lowest BCUT2D eigenvalue weighted by Gasteiger charge is -2.03. The van der Waals surface area contributed by atoms with Gasteiger partial charge in [-0.05, 0) is 33.2 Å². The summed E-state index contributed by atoms with van der Waals surface area (Å²) in [4.78, 5) is 4.23. The summed E-state index contributed by atoms with van der Waals surface area (Å²) in [5.74, 6) is 0.991. The summed E-state index contributed by atoms with van der Waals surface area (Å²) in [5.41, 5.74) is 0.941. The maximum Gasteiger partial charge on any atom is 0.255 e. The molecule has 1 aromatic rings. The molecule has 0 aromatic carbocycles. The summed E-state index contributed by atoms with van der Waals surface area (Å²) in [6.45, 7) is 7.70. The van der Waals surface area contributed by atoms with Crippen LogP contribution in [0.4, 0.5) is 0 Å². The Hall–Kier alpha value is -0.520. The predicted molar refractivity (Wildman–Crippen MR) is 70.6 cm³/mol. The highest BCUT2D eigenvalue weighted by atomic mass is 32.2. The molecule has 0 amide bonds. The van der Waals surface area contributed by atoms with Crippen molar-refractivity contribution in [2.75, 3.05) is 32.1 Å². The molecule has 0 saturated carbocycles. The number of hydrogen-bond acceptors (Lipinski definition) is 5. The molecule has 0 unspecified atom stereocenters. The van der Waals surface area contributed by atoms with Crippen molar-refractivity contribution in [2.24, 2.45) is 0 Å². The molecule has 1 N–H and O–H groups in total. The van der Waals surface area contributed by atoms with Crippen molar-refractivity contribution in [1.82, 2.24) is 10.3 Å². The van der Waals surface area contributed by atoms with Crippen molar-refractivity contribution in [3.8, 4) is 0 Å². The molecule has 0 aliphatic carbocycles. The van der Waals surface area contributed by atoms with Gasteiger partial charge in [0.05, 0.1) is 5.69 Å². The number of aryl methyl sites for hydroxylation is 1. The number of nitrogens with zero attached hydrogens (tertiary/aromatic N) is 1. The van der Waals surface area contributed by atoms with Crippen molar-refractivity contribution in [2.45, 2.75) is 31.9 Å². The van der Waals surface area contributed by atoms with Crippen LogP contribution in [0.1, 0.15) is 25.5 Å². The Morgan fingerprint density at radius 1 is 1.41 bits per heavy atom. The minimum Gasteiger partial charge on any atom is -0.440 e. The van der Waals surface area contributed by atoms with Crippen LogP contribution in [-0.2, 0) is 4.74 Å². The predicted octanol–water partition coefficient (Wildman–Crippen LogP) is 2.48. The summed E-state index contributed by atoms with van der Waals surface area (Å²) < 4.78 is 10.5. The van der Waals surface area contributed by atoms with Crippen molar-refractivity contribution in [3.05, 3.63) is 12.0 Å². The van der Waals surface area contributed by atoms with Gasteiger partial charge in [-0.25, -0.2) is 4.98 Å². The van der Waals surface area contributed by atoms with Crippen LogP contribution in [0.2, 0.25) is 0 Å². The van der Waals surface area contributed by atoms with Gasteiger partial charge in [0.15, 0.2) is 0 Å². The third-order valence-electron chi connectivity index (χ3n) is 2.20. The van der Waals surface area contributed by atoms with E-state index in [4.69, 9.17) is 9.15 Å². The fourth-order valence-electron chi connectivity index (χ4n) is 1.33. The lowest BCUT2D eigenvalue weighted by Crippen LogP contribution is -2.18. The minimum atomic E-state index is 0.764. The summed E-state index contributed by atoms with van der Waals surface area (Å²) in [6, 6.07) is 0. The van der Waals surface area contributed by atoms with Crippen molar-refractivity contribution < 1.29 is 9.15 Å². The Morgan fingerprint density at radius 3 is 3.00 bits per heavy atom. The third kappa shape index (κ3) is 7.41. The van der Waals surface area contributed by atoms with E-state index in [0.717, 1.165) is 49.4 Å². The molecule has 0 fully saturated rings. The number of thioether (sulfide) groups is 1. The van der Waals surface area contributed by atoms with Crippen LogP contribution in [0.15, 0.2) is 15.9 Å². The normalized spacial score (nSPS) is 10.9. The second-order valence-electron chi connectivity index (χ2n) is 3.76. The summed E-state index contributed by atoms with van der Waals surface area (Å²) >= 11 is 1.65. The van der Waals surface area contributed by atoms with Crippen molar-refractivity contribution >= 4 is 11.8 Å². The molecule has 0 bridgehead atoms. The Morgan fingerprint density at radius 2 is 2.29 bits per heavy atom. The number of rotatable bonds is 10. The van der Waals surface area contributed by atoms with Gasteiger partial charge in [-0.15, -0.1) is 0 Å². The van der Waals surface area contributed by atoms with E-state index in [1.54, 1.807) is 18.0 Å².